The summed E-state index contributed by atoms with van der Waals surface area (Å²) < 4.78 is 0. The summed E-state index contributed by atoms with van der Waals surface area (Å²) in [4.78, 5) is 36.5. The third-order valence-electron chi connectivity index (χ3n) is 3.49. The quantitative estimate of drug-likeness (QED) is 0.852. The van der Waals surface area contributed by atoms with Crippen LogP contribution in [0.2, 0.25) is 0 Å². The minimum absolute atomic E-state index is 0.153. The van der Waals surface area contributed by atoms with Crippen molar-refractivity contribution in [1.29, 1.82) is 0 Å². The fourth-order valence-electron chi connectivity index (χ4n) is 2.35. The number of amides is 2. The second kappa shape index (κ2) is 7.31. The summed E-state index contributed by atoms with van der Waals surface area (Å²) in [6.07, 6.45) is -0.199. The second-order valence-electron chi connectivity index (χ2n) is 5.07. The maximum absolute atomic E-state index is 12.4. The molecule has 2 rings (SSSR count). The van der Waals surface area contributed by atoms with Gasteiger partial charge in [-0.15, -0.1) is 11.8 Å². The van der Waals surface area contributed by atoms with Gasteiger partial charge in [-0.25, -0.2) is 0 Å². The van der Waals surface area contributed by atoms with E-state index in [1.165, 1.54) is 23.6 Å². The normalized spacial score (nSPS) is 18.8. The molecule has 0 spiro atoms. The highest BCUT2D eigenvalue weighted by molar-refractivity contribution is 7.99. The highest BCUT2D eigenvalue weighted by Crippen LogP contribution is 2.23. The molecule has 118 valence electrons. The van der Waals surface area contributed by atoms with Gasteiger partial charge >= 0.3 is 5.97 Å². The molecule has 1 aliphatic rings. The summed E-state index contributed by atoms with van der Waals surface area (Å²) in [5, 5.41) is 11.8. The Morgan fingerprint density at radius 1 is 1.36 bits per heavy atom. The Morgan fingerprint density at radius 2 is 2.05 bits per heavy atom. The molecule has 2 amide bonds. The Labute approximate surface area is 132 Å². The minimum atomic E-state index is -0.988. The summed E-state index contributed by atoms with van der Waals surface area (Å²) in [5.74, 6) is -0.434. The first-order valence-corrected chi connectivity index (χ1v) is 8.06. The number of thioether (sulfide) groups is 1. The smallest absolute Gasteiger partial charge is 0.305 e. The molecule has 2 N–H and O–H groups in total. The molecule has 0 unspecified atom stereocenters. The third kappa shape index (κ3) is 4.00. The topological polar surface area (TPSA) is 86.7 Å². The van der Waals surface area contributed by atoms with Crippen LogP contribution < -0.4 is 5.32 Å². The van der Waals surface area contributed by atoms with E-state index >= 15 is 0 Å². The number of carbonyl (C=O) groups is 3. The van der Waals surface area contributed by atoms with Crippen molar-refractivity contribution in [3.05, 3.63) is 35.9 Å². The van der Waals surface area contributed by atoms with Crippen molar-refractivity contribution in [1.82, 2.24) is 10.2 Å². The maximum Gasteiger partial charge on any atom is 0.305 e. The fourth-order valence-corrected chi connectivity index (χ4v) is 3.57. The average molecular weight is 322 g/mol. The minimum Gasteiger partial charge on any atom is -0.481 e. The van der Waals surface area contributed by atoms with Gasteiger partial charge in [-0.1, -0.05) is 30.3 Å². The third-order valence-corrected chi connectivity index (χ3v) is 4.50. The maximum atomic E-state index is 12.4. The van der Waals surface area contributed by atoms with Crippen molar-refractivity contribution < 1.29 is 19.5 Å². The van der Waals surface area contributed by atoms with E-state index in [0.29, 0.717) is 11.6 Å². The molecule has 2 atom stereocenters. The van der Waals surface area contributed by atoms with Crippen molar-refractivity contribution >= 4 is 29.5 Å². The van der Waals surface area contributed by atoms with E-state index in [-0.39, 0.29) is 18.2 Å². The van der Waals surface area contributed by atoms with Crippen molar-refractivity contribution in [2.45, 2.75) is 25.4 Å². The zero-order valence-corrected chi connectivity index (χ0v) is 13.0. The van der Waals surface area contributed by atoms with Gasteiger partial charge in [0, 0.05) is 12.7 Å². The number of benzene rings is 1. The van der Waals surface area contributed by atoms with Crippen LogP contribution in [0.3, 0.4) is 0 Å². The Balaban J connectivity index is 2.11. The molecule has 6 nitrogen and oxygen atoms in total. The van der Waals surface area contributed by atoms with Gasteiger partial charge in [0.2, 0.25) is 11.8 Å². The number of nitrogens with zero attached hydrogens (tertiary/aromatic N) is 1. The first-order valence-electron chi connectivity index (χ1n) is 6.91. The molecule has 7 heteroatoms. The average Bonchev–Trinajstić information content (AvgIpc) is 2.96. The molecule has 0 aliphatic carbocycles. The number of carbonyl (C=O) groups excluding carboxylic acids is 2. The van der Waals surface area contributed by atoms with Crippen LogP contribution in [0, 0.1) is 0 Å². The monoisotopic (exact) mass is 322 g/mol. The molecule has 1 aromatic rings. The van der Waals surface area contributed by atoms with E-state index < -0.39 is 18.1 Å². The van der Waals surface area contributed by atoms with Crippen LogP contribution in [0.4, 0.5) is 0 Å². The van der Waals surface area contributed by atoms with E-state index in [2.05, 4.69) is 5.32 Å². The lowest BCUT2D eigenvalue weighted by Gasteiger charge is -2.24. The van der Waals surface area contributed by atoms with E-state index in [9.17, 15) is 14.4 Å². The van der Waals surface area contributed by atoms with Crippen molar-refractivity contribution in [2.75, 3.05) is 11.6 Å². The lowest BCUT2D eigenvalue weighted by Crippen LogP contribution is -2.47. The fraction of sp³-hybridized carbons (Fsp3) is 0.400. The van der Waals surface area contributed by atoms with Crippen LogP contribution in [-0.4, -0.2) is 45.5 Å². The standard InChI is InChI=1S/C15H18N2O4S/c1-10(18)17-9-22-8-13(17)15(21)16-12(7-14(19)20)11-5-3-2-4-6-11/h2-6,12-13H,7-9H2,1H3,(H,16,21)(H,19,20)/t12-,13+/m0/s1. The number of nitrogens with one attached hydrogen (secondary N) is 1. The largest absolute Gasteiger partial charge is 0.481 e. The Hall–Kier alpha value is -2.02. The van der Waals surface area contributed by atoms with Crippen LogP contribution in [0.1, 0.15) is 24.9 Å². The van der Waals surface area contributed by atoms with E-state index in [0.717, 1.165) is 5.56 Å². The summed E-state index contributed by atoms with van der Waals surface area (Å²) in [5.41, 5.74) is 0.735. The number of aliphatic carboxylic acids is 1. The number of rotatable bonds is 5. The molecule has 1 heterocycles. The van der Waals surface area contributed by atoms with Crippen LogP contribution in [0.5, 0.6) is 0 Å². The molecule has 1 saturated heterocycles. The molecule has 0 saturated carbocycles. The SMILES string of the molecule is CC(=O)N1CSC[C@@H]1C(=O)N[C@@H](CC(=O)O)c1ccccc1. The molecule has 22 heavy (non-hydrogen) atoms. The van der Waals surface area contributed by atoms with Gasteiger partial charge in [0.05, 0.1) is 18.3 Å². The van der Waals surface area contributed by atoms with Crippen LogP contribution >= 0.6 is 11.8 Å². The number of carboxylic acids is 1. The summed E-state index contributed by atoms with van der Waals surface area (Å²) in [7, 11) is 0. The zero-order valence-electron chi connectivity index (χ0n) is 12.2. The lowest BCUT2D eigenvalue weighted by molar-refractivity contribution is -0.139. The first-order chi connectivity index (χ1) is 10.5. The predicted octanol–water partition coefficient (Wildman–Crippen LogP) is 1.24. The van der Waals surface area contributed by atoms with Crippen molar-refractivity contribution in [3.63, 3.8) is 0 Å². The number of hydrogen-bond acceptors (Lipinski definition) is 4. The van der Waals surface area contributed by atoms with Gasteiger partial charge in [0.1, 0.15) is 6.04 Å². The van der Waals surface area contributed by atoms with E-state index in [4.69, 9.17) is 5.11 Å². The van der Waals surface area contributed by atoms with Crippen LogP contribution in [-0.2, 0) is 14.4 Å². The zero-order chi connectivity index (χ0) is 16.1. The van der Waals surface area contributed by atoms with Gasteiger partial charge < -0.3 is 15.3 Å². The molecule has 0 bridgehead atoms. The Bertz CT molecular complexity index is 564. The highest BCUT2D eigenvalue weighted by Gasteiger charge is 2.34. The van der Waals surface area contributed by atoms with Crippen LogP contribution in [0.15, 0.2) is 30.3 Å². The lowest BCUT2D eigenvalue weighted by atomic mass is 10.0. The molecule has 1 aliphatic heterocycles. The molecule has 1 aromatic carbocycles. The van der Waals surface area contributed by atoms with Gasteiger partial charge in [-0.3, -0.25) is 14.4 Å². The molecular weight excluding hydrogens is 304 g/mol. The molecular formula is C15H18N2O4S. The van der Waals surface area contributed by atoms with Gasteiger partial charge in [0.25, 0.3) is 0 Å². The summed E-state index contributed by atoms with van der Waals surface area (Å²) in [6, 6.07) is 7.83. The molecule has 0 radical (unpaired) electrons. The van der Waals surface area contributed by atoms with Crippen molar-refractivity contribution in [3.8, 4) is 0 Å². The second-order valence-corrected chi connectivity index (χ2v) is 6.07. The number of hydrogen-bond donors (Lipinski definition) is 2. The highest BCUT2D eigenvalue weighted by atomic mass is 32.2. The predicted molar refractivity (Wildman–Crippen MR) is 83.2 cm³/mol. The van der Waals surface area contributed by atoms with E-state index in [1.54, 1.807) is 24.3 Å². The molecule has 0 aromatic heterocycles. The molecule has 1 fully saturated rings. The number of carboxylic acid groups (broad SMARTS) is 1. The van der Waals surface area contributed by atoms with Gasteiger partial charge in [-0.2, -0.15) is 0 Å². The van der Waals surface area contributed by atoms with Gasteiger partial charge in [0.15, 0.2) is 0 Å². The first kappa shape index (κ1) is 16.4. The Morgan fingerprint density at radius 3 is 2.64 bits per heavy atom. The van der Waals surface area contributed by atoms with Crippen molar-refractivity contribution in [2.24, 2.45) is 0 Å². The van der Waals surface area contributed by atoms with Crippen LogP contribution in [0.25, 0.3) is 0 Å². The van der Waals surface area contributed by atoms with E-state index in [1.807, 2.05) is 6.07 Å². The summed E-state index contributed by atoms with van der Waals surface area (Å²) in [6.45, 7) is 1.43. The Kier molecular flexibility index (Phi) is 5.43. The van der Waals surface area contributed by atoms with Gasteiger partial charge in [-0.05, 0) is 5.56 Å². The summed E-state index contributed by atoms with van der Waals surface area (Å²) >= 11 is 1.51.